The van der Waals surface area contributed by atoms with E-state index in [-0.39, 0.29) is 13.7 Å². The topological polar surface area (TPSA) is 9.23 Å². The number of hydrogen-bond donors (Lipinski definition) is 0. The second-order valence-corrected chi connectivity index (χ2v) is 9.54. The molecule has 0 N–H and O–H groups in total. The van der Waals surface area contributed by atoms with Gasteiger partial charge in [0.15, 0.2) is 0 Å². The maximum atomic E-state index is 14.9. The molecule has 0 aromatic heterocycles. The third-order valence-electron chi connectivity index (χ3n) is 7.30. The van der Waals surface area contributed by atoms with Gasteiger partial charge in [-0.3, -0.25) is 0 Å². The Labute approximate surface area is 179 Å². The second-order valence-electron chi connectivity index (χ2n) is 9.16. The van der Waals surface area contributed by atoms with Gasteiger partial charge in [-0.05, 0) is 80.2 Å². The van der Waals surface area contributed by atoms with Crippen LogP contribution in [0.25, 0.3) is 0 Å². The van der Waals surface area contributed by atoms with Crippen LogP contribution in [0.5, 0.6) is 5.75 Å². The van der Waals surface area contributed by atoms with E-state index in [4.69, 9.17) is 16.3 Å². The van der Waals surface area contributed by atoms with Crippen molar-refractivity contribution in [2.75, 3.05) is 6.61 Å². The summed E-state index contributed by atoms with van der Waals surface area (Å²) >= 11 is 6.29. The van der Waals surface area contributed by atoms with E-state index < -0.39 is 0 Å². The molecule has 0 unspecified atom stereocenters. The van der Waals surface area contributed by atoms with E-state index in [9.17, 15) is 4.39 Å². The first-order chi connectivity index (χ1) is 13.6. The van der Waals surface area contributed by atoms with Gasteiger partial charge in [-0.2, -0.15) is 0 Å². The molecule has 3 heteroatoms. The van der Waals surface area contributed by atoms with Crippen LogP contribution in [0.2, 0.25) is 5.02 Å². The average Bonchev–Trinajstić information content (AvgIpc) is 2.72. The van der Waals surface area contributed by atoms with Crippen LogP contribution in [-0.2, 0) is 0 Å². The van der Waals surface area contributed by atoms with Crippen LogP contribution in [0, 0.1) is 23.6 Å². The van der Waals surface area contributed by atoms with Crippen molar-refractivity contribution in [3.63, 3.8) is 0 Å². The van der Waals surface area contributed by atoms with Gasteiger partial charge in [-0.15, -0.1) is 0 Å². The van der Waals surface area contributed by atoms with Crippen molar-refractivity contribution in [3.05, 3.63) is 28.5 Å². The molecule has 0 saturated heterocycles. The lowest BCUT2D eigenvalue weighted by molar-refractivity contribution is 0.156. The first-order valence-electron chi connectivity index (χ1n) is 11.7. The van der Waals surface area contributed by atoms with E-state index in [0.29, 0.717) is 18.3 Å². The third-order valence-corrected chi connectivity index (χ3v) is 7.65. The van der Waals surface area contributed by atoms with E-state index in [1.54, 1.807) is 0 Å². The Balaban J connectivity index is 0.00000225. The SMILES string of the molecule is CCCCOc1ccc(C2CCC(C3CCC(CCC)CC3)CC2)c(F)c1Cl.[HH].[HH]. The normalized spacial score (nSPS) is 28.3. The molecule has 0 spiro atoms. The van der Waals surface area contributed by atoms with Gasteiger partial charge < -0.3 is 4.74 Å². The van der Waals surface area contributed by atoms with E-state index in [0.717, 1.165) is 49.0 Å². The van der Waals surface area contributed by atoms with Crippen molar-refractivity contribution in [1.82, 2.24) is 0 Å². The number of rotatable bonds is 8. The van der Waals surface area contributed by atoms with Crippen molar-refractivity contribution >= 4 is 11.6 Å². The molecule has 1 nitrogen and oxygen atoms in total. The van der Waals surface area contributed by atoms with Crippen LogP contribution in [0.15, 0.2) is 12.1 Å². The van der Waals surface area contributed by atoms with Crippen molar-refractivity contribution in [2.24, 2.45) is 17.8 Å². The highest BCUT2D eigenvalue weighted by atomic mass is 35.5. The summed E-state index contributed by atoms with van der Waals surface area (Å²) in [6.07, 6.45) is 15.2. The van der Waals surface area contributed by atoms with Crippen molar-refractivity contribution in [3.8, 4) is 5.75 Å². The number of benzene rings is 1. The molecular weight excluding hydrogens is 371 g/mol. The zero-order chi connectivity index (χ0) is 19.9. The number of ether oxygens (including phenoxy) is 1. The molecule has 0 bridgehead atoms. The Morgan fingerprint density at radius 2 is 1.61 bits per heavy atom. The number of hydrogen-bond acceptors (Lipinski definition) is 1. The van der Waals surface area contributed by atoms with Gasteiger partial charge in [-0.1, -0.05) is 63.6 Å². The first kappa shape index (κ1) is 21.9. The summed E-state index contributed by atoms with van der Waals surface area (Å²) in [5.41, 5.74) is 0.804. The first-order valence-corrected chi connectivity index (χ1v) is 12.1. The van der Waals surface area contributed by atoms with Crippen molar-refractivity contribution < 1.29 is 12.0 Å². The minimum absolute atomic E-state index is 0. The summed E-state index contributed by atoms with van der Waals surface area (Å²) in [6, 6.07) is 3.79. The second kappa shape index (κ2) is 10.9. The Hall–Kier alpha value is -0.760. The fraction of sp³-hybridized carbons (Fsp3) is 0.760. The summed E-state index contributed by atoms with van der Waals surface area (Å²) in [5.74, 6) is 3.31. The van der Waals surface area contributed by atoms with Crippen LogP contribution in [0.1, 0.15) is 105 Å². The lowest BCUT2D eigenvalue weighted by Crippen LogP contribution is -2.25. The minimum atomic E-state index is -0.251. The molecule has 1 aromatic rings. The molecule has 162 valence electrons. The summed E-state index contributed by atoms with van der Waals surface area (Å²) in [5, 5.41) is 0.171. The Bertz CT molecular complexity index is 611. The summed E-state index contributed by atoms with van der Waals surface area (Å²) in [6.45, 7) is 5.02. The smallest absolute Gasteiger partial charge is 0.149 e. The van der Waals surface area contributed by atoms with Crippen molar-refractivity contribution in [2.45, 2.75) is 96.8 Å². The van der Waals surface area contributed by atoms with Gasteiger partial charge in [0, 0.05) is 2.85 Å². The molecule has 3 rings (SSSR count). The minimum Gasteiger partial charge on any atom is -0.492 e. The summed E-state index contributed by atoms with van der Waals surface area (Å²) < 4.78 is 20.6. The maximum absolute atomic E-state index is 14.9. The van der Waals surface area contributed by atoms with Gasteiger partial charge >= 0.3 is 0 Å². The number of halogens is 2. The molecule has 0 amide bonds. The van der Waals surface area contributed by atoms with Gasteiger partial charge in [0.25, 0.3) is 0 Å². The number of unbranched alkanes of at least 4 members (excludes halogenated alkanes) is 1. The highest BCUT2D eigenvalue weighted by molar-refractivity contribution is 6.32. The Morgan fingerprint density at radius 1 is 0.964 bits per heavy atom. The molecule has 0 atom stereocenters. The third kappa shape index (κ3) is 5.43. The zero-order valence-electron chi connectivity index (χ0n) is 17.8. The Kier molecular flexibility index (Phi) is 8.51. The monoisotopic (exact) mass is 412 g/mol. The molecule has 2 saturated carbocycles. The lowest BCUT2D eigenvalue weighted by Gasteiger charge is -2.38. The van der Waals surface area contributed by atoms with Gasteiger partial charge in [0.2, 0.25) is 0 Å². The molecular formula is C25H42ClFO. The summed E-state index contributed by atoms with van der Waals surface area (Å²) in [7, 11) is 0. The van der Waals surface area contributed by atoms with Gasteiger partial charge in [0.1, 0.15) is 16.6 Å². The Morgan fingerprint density at radius 3 is 2.21 bits per heavy atom. The highest BCUT2D eigenvalue weighted by Gasteiger charge is 2.32. The zero-order valence-corrected chi connectivity index (χ0v) is 18.6. The fourth-order valence-corrected chi connectivity index (χ4v) is 5.78. The standard InChI is InChI=1S/C25H38ClFO.2H2/c1-3-5-17-28-23-16-15-22(25(27)24(23)26)21-13-11-20(12-14-21)19-9-7-18(6-4-2)8-10-19;;/h15-16,18-21H,3-14,17H2,1-2H3;2*1H. The van der Waals surface area contributed by atoms with Crippen LogP contribution >= 0.6 is 11.6 Å². The predicted molar refractivity (Wildman–Crippen MR) is 121 cm³/mol. The molecule has 0 radical (unpaired) electrons. The predicted octanol–water partition coefficient (Wildman–Crippen LogP) is 9.03. The van der Waals surface area contributed by atoms with E-state index in [1.807, 2.05) is 12.1 Å². The quantitative estimate of drug-likeness (QED) is 0.387. The average molecular weight is 413 g/mol. The van der Waals surface area contributed by atoms with E-state index >= 15 is 0 Å². The molecule has 2 aliphatic rings. The van der Waals surface area contributed by atoms with Crippen LogP contribution in [0.4, 0.5) is 4.39 Å². The maximum Gasteiger partial charge on any atom is 0.149 e. The molecule has 0 heterocycles. The van der Waals surface area contributed by atoms with Crippen LogP contribution in [-0.4, -0.2) is 6.61 Å². The molecule has 1 aromatic carbocycles. The summed E-state index contributed by atoms with van der Waals surface area (Å²) in [4.78, 5) is 0. The lowest BCUT2D eigenvalue weighted by atomic mass is 9.68. The molecule has 2 aliphatic carbocycles. The largest absolute Gasteiger partial charge is 0.492 e. The van der Waals surface area contributed by atoms with Crippen LogP contribution < -0.4 is 4.74 Å². The van der Waals surface area contributed by atoms with Crippen LogP contribution in [0.3, 0.4) is 0 Å². The van der Waals surface area contributed by atoms with Gasteiger partial charge in [-0.25, -0.2) is 4.39 Å². The molecule has 2 fully saturated rings. The van der Waals surface area contributed by atoms with E-state index in [1.165, 1.54) is 51.4 Å². The highest BCUT2D eigenvalue weighted by Crippen LogP contribution is 2.46. The van der Waals surface area contributed by atoms with E-state index in [2.05, 4.69) is 13.8 Å². The molecule has 0 aliphatic heterocycles. The molecule has 28 heavy (non-hydrogen) atoms. The van der Waals surface area contributed by atoms with Crippen molar-refractivity contribution in [1.29, 1.82) is 0 Å². The fourth-order valence-electron chi connectivity index (χ4n) is 5.56. The van der Waals surface area contributed by atoms with Gasteiger partial charge in [0.05, 0.1) is 6.61 Å².